The second-order valence-electron chi connectivity index (χ2n) is 5.58. The summed E-state index contributed by atoms with van der Waals surface area (Å²) in [5.74, 6) is 0.935. The first-order valence-electron chi connectivity index (χ1n) is 7.88. The van der Waals surface area contributed by atoms with Crippen molar-refractivity contribution in [2.45, 2.75) is 6.42 Å². The Morgan fingerprint density at radius 2 is 2.00 bits per heavy atom. The van der Waals surface area contributed by atoms with Crippen LogP contribution in [0.1, 0.15) is 15.9 Å². The van der Waals surface area contributed by atoms with Crippen molar-refractivity contribution < 1.29 is 18.7 Å². The zero-order chi connectivity index (χ0) is 17.8. The van der Waals surface area contributed by atoms with Gasteiger partial charge in [0, 0.05) is 23.6 Å². The topological polar surface area (TPSA) is 63.4 Å². The number of carbonyl (C=O) groups is 1. The normalized spacial score (nSPS) is 10.7. The monoisotopic (exact) mass is 342 g/mol. The van der Waals surface area contributed by atoms with Gasteiger partial charge in [-0.3, -0.25) is 4.79 Å². The number of ether oxygens (including phenoxy) is 2. The predicted molar refractivity (Wildman–Crippen MR) is 93.8 cm³/mol. The zero-order valence-corrected chi connectivity index (χ0v) is 14.1. The molecule has 1 heterocycles. The average Bonchev–Trinajstić information content (AvgIpc) is 3.04. The highest BCUT2D eigenvalue weighted by Gasteiger charge is 2.12. The third-order valence-corrected chi connectivity index (χ3v) is 4.06. The van der Waals surface area contributed by atoms with Crippen LogP contribution >= 0.6 is 0 Å². The summed E-state index contributed by atoms with van der Waals surface area (Å²) in [4.78, 5) is 15.3. The molecule has 0 fully saturated rings. The molecule has 3 aromatic rings. The molecule has 0 radical (unpaired) electrons. The van der Waals surface area contributed by atoms with Gasteiger partial charge in [0.25, 0.3) is 5.91 Å². The standard InChI is InChI=1S/C19H19FN2O3/c1-24-14-4-6-18(25-2)12(9-14)7-8-21-19(23)16-11-22-17-10-13(20)3-5-15(16)17/h3-6,9-11,22H,7-8H2,1-2H3,(H,21,23). The maximum Gasteiger partial charge on any atom is 0.253 e. The van der Waals surface area contributed by atoms with E-state index in [0.29, 0.717) is 29.4 Å². The van der Waals surface area contributed by atoms with Gasteiger partial charge in [-0.15, -0.1) is 0 Å². The summed E-state index contributed by atoms with van der Waals surface area (Å²) in [7, 11) is 3.21. The van der Waals surface area contributed by atoms with Gasteiger partial charge in [-0.2, -0.15) is 0 Å². The van der Waals surface area contributed by atoms with E-state index in [1.807, 2.05) is 18.2 Å². The van der Waals surface area contributed by atoms with E-state index in [1.54, 1.807) is 26.5 Å². The Morgan fingerprint density at radius 3 is 2.76 bits per heavy atom. The Morgan fingerprint density at radius 1 is 1.16 bits per heavy atom. The second-order valence-corrected chi connectivity index (χ2v) is 5.58. The third-order valence-electron chi connectivity index (χ3n) is 4.06. The lowest BCUT2D eigenvalue weighted by Crippen LogP contribution is -2.25. The summed E-state index contributed by atoms with van der Waals surface area (Å²) in [6.07, 6.45) is 2.19. The van der Waals surface area contributed by atoms with Crippen LogP contribution in [0.2, 0.25) is 0 Å². The van der Waals surface area contributed by atoms with E-state index in [2.05, 4.69) is 10.3 Å². The van der Waals surface area contributed by atoms with Gasteiger partial charge in [0.15, 0.2) is 0 Å². The summed E-state index contributed by atoms with van der Waals surface area (Å²) in [6, 6.07) is 9.86. The first kappa shape index (κ1) is 16.8. The van der Waals surface area contributed by atoms with Crippen LogP contribution in [-0.4, -0.2) is 31.7 Å². The maximum absolute atomic E-state index is 13.2. The Hall–Kier alpha value is -3.02. The first-order valence-corrected chi connectivity index (χ1v) is 7.88. The summed E-state index contributed by atoms with van der Waals surface area (Å²) in [5.41, 5.74) is 2.04. The molecule has 1 amide bonds. The highest BCUT2D eigenvalue weighted by molar-refractivity contribution is 6.06. The number of methoxy groups -OCH3 is 2. The molecule has 2 N–H and O–H groups in total. The maximum atomic E-state index is 13.2. The van der Waals surface area contributed by atoms with E-state index in [4.69, 9.17) is 9.47 Å². The SMILES string of the molecule is COc1ccc(OC)c(CCNC(=O)c2c[nH]c3cc(F)ccc23)c1. The number of carbonyl (C=O) groups excluding carboxylic acids is 1. The van der Waals surface area contributed by atoms with Gasteiger partial charge in [-0.1, -0.05) is 0 Å². The Bertz CT molecular complexity index is 905. The fourth-order valence-electron chi connectivity index (χ4n) is 2.77. The Labute approximate surface area is 144 Å². The van der Waals surface area contributed by atoms with Crippen LogP contribution in [0.25, 0.3) is 10.9 Å². The largest absolute Gasteiger partial charge is 0.497 e. The van der Waals surface area contributed by atoms with Gasteiger partial charge in [-0.05, 0) is 48.4 Å². The number of benzene rings is 2. The molecule has 0 aliphatic heterocycles. The molecule has 1 aromatic heterocycles. The average molecular weight is 342 g/mol. The summed E-state index contributed by atoms with van der Waals surface area (Å²) >= 11 is 0. The molecule has 5 nitrogen and oxygen atoms in total. The van der Waals surface area contributed by atoms with Gasteiger partial charge in [0.2, 0.25) is 0 Å². The van der Waals surface area contributed by atoms with Gasteiger partial charge >= 0.3 is 0 Å². The summed E-state index contributed by atoms with van der Waals surface area (Å²) in [5, 5.41) is 3.57. The molecule has 0 unspecified atom stereocenters. The predicted octanol–water partition coefficient (Wildman–Crippen LogP) is 3.30. The number of hydrogen-bond donors (Lipinski definition) is 2. The van der Waals surface area contributed by atoms with E-state index in [0.717, 1.165) is 17.1 Å². The molecule has 3 rings (SSSR count). The molecule has 0 bridgehead atoms. The highest BCUT2D eigenvalue weighted by atomic mass is 19.1. The highest BCUT2D eigenvalue weighted by Crippen LogP contribution is 2.24. The van der Waals surface area contributed by atoms with Crippen LogP contribution in [0, 0.1) is 5.82 Å². The number of rotatable bonds is 6. The van der Waals surface area contributed by atoms with Crippen LogP contribution in [0.5, 0.6) is 11.5 Å². The van der Waals surface area contributed by atoms with Gasteiger partial charge < -0.3 is 19.8 Å². The molecule has 0 aliphatic carbocycles. The molecule has 0 spiro atoms. The molecular formula is C19H19FN2O3. The van der Waals surface area contributed by atoms with E-state index in [-0.39, 0.29) is 11.7 Å². The van der Waals surface area contributed by atoms with Crippen molar-refractivity contribution in [1.82, 2.24) is 10.3 Å². The molecule has 25 heavy (non-hydrogen) atoms. The van der Waals surface area contributed by atoms with Crippen LogP contribution in [-0.2, 0) is 6.42 Å². The van der Waals surface area contributed by atoms with Crippen LogP contribution in [0.3, 0.4) is 0 Å². The Balaban J connectivity index is 1.68. The van der Waals surface area contributed by atoms with E-state index >= 15 is 0 Å². The Kier molecular flexibility index (Phi) is 4.88. The number of aromatic amines is 1. The number of fused-ring (bicyclic) bond motifs is 1. The molecule has 0 saturated heterocycles. The fraction of sp³-hybridized carbons (Fsp3) is 0.211. The lowest BCUT2D eigenvalue weighted by atomic mass is 10.1. The van der Waals surface area contributed by atoms with Crippen molar-refractivity contribution in [2.24, 2.45) is 0 Å². The lowest BCUT2D eigenvalue weighted by molar-refractivity contribution is 0.0955. The molecule has 0 aliphatic rings. The molecule has 6 heteroatoms. The quantitative estimate of drug-likeness (QED) is 0.722. The van der Waals surface area contributed by atoms with Crippen molar-refractivity contribution >= 4 is 16.8 Å². The van der Waals surface area contributed by atoms with Crippen LogP contribution in [0.15, 0.2) is 42.6 Å². The minimum absolute atomic E-state index is 0.209. The summed E-state index contributed by atoms with van der Waals surface area (Å²) in [6.45, 7) is 0.441. The lowest BCUT2D eigenvalue weighted by Gasteiger charge is -2.11. The van der Waals surface area contributed by atoms with Gasteiger partial charge in [-0.25, -0.2) is 4.39 Å². The first-order chi connectivity index (χ1) is 12.1. The van der Waals surface area contributed by atoms with Crippen molar-refractivity contribution in [3.05, 3.63) is 59.5 Å². The molecule has 130 valence electrons. The van der Waals surface area contributed by atoms with Crippen LogP contribution < -0.4 is 14.8 Å². The van der Waals surface area contributed by atoms with E-state index in [9.17, 15) is 9.18 Å². The smallest absolute Gasteiger partial charge is 0.253 e. The van der Waals surface area contributed by atoms with Crippen LogP contribution in [0.4, 0.5) is 4.39 Å². The second kappa shape index (κ2) is 7.25. The minimum Gasteiger partial charge on any atom is -0.497 e. The number of nitrogens with one attached hydrogen (secondary N) is 2. The molecule has 2 aromatic carbocycles. The van der Waals surface area contributed by atoms with E-state index in [1.165, 1.54) is 12.1 Å². The van der Waals surface area contributed by atoms with Crippen molar-refractivity contribution in [1.29, 1.82) is 0 Å². The number of amides is 1. The summed E-state index contributed by atoms with van der Waals surface area (Å²) < 4.78 is 23.8. The van der Waals surface area contributed by atoms with Crippen molar-refractivity contribution in [2.75, 3.05) is 20.8 Å². The zero-order valence-electron chi connectivity index (χ0n) is 14.1. The fourth-order valence-corrected chi connectivity index (χ4v) is 2.77. The van der Waals surface area contributed by atoms with Gasteiger partial charge in [0.05, 0.1) is 19.8 Å². The number of aromatic nitrogens is 1. The van der Waals surface area contributed by atoms with Crippen molar-refractivity contribution in [3.63, 3.8) is 0 Å². The minimum atomic E-state index is -0.341. The van der Waals surface area contributed by atoms with Gasteiger partial charge in [0.1, 0.15) is 17.3 Å². The molecule has 0 saturated carbocycles. The number of halogens is 1. The molecule has 0 atom stereocenters. The number of H-pyrrole nitrogens is 1. The molecular weight excluding hydrogens is 323 g/mol. The third kappa shape index (κ3) is 3.57. The number of hydrogen-bond acceptors (Lipinski definition) is 3. The van der Waals surface area contributed by atoms with E-state index < -0.39 is 0 Å². The van der Waals surface area contributed by atoms with Crippen molar-refractivity contribution in [3.8, 4) is 11.5 Å².